The quantitative estimate of drug-likeness (QED) is 0.717. The van der Waals surface area contributed by atoms with Crippen molar-refractivity contribution >= 4 is 11.8 Å². The Morgan fingerprint density at radius 2 is 2.00 bits per heavy atom. The molecule has 0 aromatic rings. The lowest BCUT2D eigenvalue weighted by atomic mass is 9.93. The maximum absolute atomic E-state index is 5.76. The van der Waals surface area contributed by atoms with E-state index in [0.717, 1.165) is 12.5 Å². The molecule has 1 aliphatic heterocycles. The summed E-state index contributed by atoms with van der Waals surface area (Å²) < 4.78 is 0. The minimum atomic E-state index is 0.603. The van der Waals surface area contributed by atoms with Crippen LogP contribution in [0.5, 0.6) is 0 Å². The number of likely N-dealkylation sites (N-methyl/N-ethyl adjacent to an activating group) is 1. The van der Waals surface area contributed by atoms with Crippen molar-refractivity contribution in [2.24, 2.45) is 11.7 Å². The van der Waals surface area contributed by atoms with Crippen molar-refractivity contribution in [3.63, 3.8) is 0 Å². The summed E-state index contributed by atoms with van der Waals surface area (Å²) >= 11 is 2.08. The number of nitrogens with zero attached hydrogens (tertiary/aromatic N) is 1. The van der Waals surface area contributed by atoms with Crippen LogP contribution in [0.1, 0.15) is 12.8 Å². The van der Waals surface area contributed by atoms with E-state index in [-0.39, 0.29) is 0 Å². The second kappa shape index (κ2) is 5.10. The zero-order valence-corrected chi connectivity index (χ0v) is 8.94. The third-order valence-corrected chi connectivity index (χ3v) is 3.76. The Morgan fingerprint density at radius 3 is 2.42 bits per heavy atom. The maximum atomic E-state index is 5.76. The van der Waals surface area contributed by atoms with Gasteiger partial charge in [0.15, 0.2) is 0 Å². The zero-order valence-electron chi connectivity index (χ0n) is 8.12. The van der Waals surface area contributed by atoms with E-state index in [0.29, 0.717) is 6.04 Å². The second-order valence-corrected chi connectivity index (χ2v) is 4.94. The summed E-state index contributed by atoms with van der Waals surface area (Å²) in [6, 6.07) is 0.603. The fraction of sp³-hybridized carbons (Fsp3) is 1.00. The molecule has 1 unspecified atom stereocenters. The van der Waals surface area contributed by atoms with Crippen molar-refractivity contribution in [1.29, 1.82) is 0 Å². The fourth-order valence-electron chi connectivity index (χ4n) is 1.93. The Hall–Kier alpha value is 0.270. The van der Waals surface area contributed by atoms with Crippen LogP contribution in [-0.4, -0.2) is 43.1 Å². The van der Waals surface area contributed by atoms with Crippen LogP contribution in [0.15, 0.2) is 0 Å². The highest BCUT2D eigenvalue weighted by molar-refractivity contribution is 7.99. The van der Waals surface area contributed by atoms with E-state index in [1.807, 2.05) is 0 Å². The minimum Gasteiger partial charge on any atom is -0.329 e. The molecular weight excluding hydrogens is 168 g/mol. The van der Waals surface area contributed by atoms with Crippen LogP contribution in [0.25, 0.3) is 0 Å². The Morgan fingerprint density at radius 1 is 1.42 bits per heavy atom. The van der Waals surface area contributed by atoms with Crippen molar-refractivity contribution in [3.05, 3.63) is 0 Å². The molecule has 3 heteroatoms. The van der Waals surface area contributed by atoms with E-state index in [9.17, 15) is 0 Å². The average Bonchev–Trinajstić information content (AvgIpc) is 2.07. The van der Waals surface area contributed by atoms with Crippen molar-refractivity contribution < 1.29 is 0 Å². The normalized spacial score (nSPS) is 23.0. The Bertz CT molecular complexity index is 122. The Balaban J connectivity index is 2.40. The fourth-order valence-corrected chi connectivity index (χ4v) is 3.07. The van der Waals surface area contributed by atoms with E-state index >= 15 is 0 Å². The minimum absolute atomic E-state index is 0.603. The van der Waals surface area contributed by atoms with Gasteiger partial charge in [0.05, 0.1) is 0 Å². The lowest BCUT2D eigenvalue weighted by molar-refractivity contribution is 0.205. The van der Waals surface area contributed by atoms with Gasteiger partial charge in [-0.1, -0.05) is 0 Å². The van der Waals surface area contributed by atoms with Gasteiger partial charge in [-0.25, -0.2) is 0 Å². The first kappa shape index (κ1) is 10.4. The van der Waals surface area contributed by atoms with Gasteiger partial charge in [0.25, 0.3) is 0 Å². The number of rotatable bonds is 3. The zero-order chi connectivity index (χ0) is 8.97. The topological polar surface area (TPSA) is 29.3 Å². The van der Waals surface area contributed by atoms with E-state index in [1.165, 1.54) is 24.3 Å². The monoisotopic (exact) mass is 188 g/mol. The number of nitrogens with two attached hydrogens (primary N) is 1. The largest absolute Gasteiger partial charge is 0.329 e. The molecule has 1 rings (SSSR count). The van der Waals surface area contributed by atoms with Gasteiger partial charge in [-0.3, -0.25) is 0 Å². The molecule has 72 valence electrons. The second-order valence-electron chi connectivity index (χ2n) is 3.72. The van der Waals surface area contributed by atoms with Crippen molar-refractivity contribution in [2.75, 3.05) is 32.1 Å². The summed E-state index contributed by atoms with van der Waals surface area (Å²) in [6.45, 7) is 0.808. The van der Waals surface area contributed by atoms with Crippen LogP contribution in [0, 0.1) is 5.92 Å². The van der Waals surface area contributed by atoms with E-state index < -0.39 is 0 Å². The number of hydrogen-bond acceptors (Lipinski definition) is 3. The molecular formula is C9H20N2S. The van der Waals surface area contributed by atoms with Gasteiger partial charge < -0.3 is 10.6 Å². The lowest BCUT2D eigenvalue weighted by Gasteiger charge is -2.33. The van der Waals surface area contributed by atoms with Crippen LogP contribution in [-0.2, 0) is 0 Å². The molecule has 1 aliphatic rings. The maximum Gasteiger partial charge on any atom is 0.0241 e. The van der Waals surface area contributed by atoms with Crippen LogP contribution >= 0.6 is 11.8 Å². The molecule has 1 fully saturated rings. The molecule has 0 bridgehead atoms. The van der Waals surface area contributed by atoms with Gasteiger partial charge in [0, 0.05) is 12.6 Å². The van der Waals surface area contributed by atoms with Crippen LogP contribution in [0.4, 0.5) is 0 Å². The van der Waals surface area contributed by atoms with Gasteiger partial charge in [-0.15, -0.1) is 0 Å². The van der Waals surface area contributed by atoms with Gasteiger partial charge in [-0.05, 0) is 44.4 Å². The van der Waals surface area contributed by atoms with Crippen molar-refractivity contribution in [1.82, 2.24) is 4.90 Å². The van der Waals surface area contributed by atoms with E-state index in [4.69, 9.17) is 5.73 Å². The molecule has 12 heavy (non-hydrogen) atoms. The first-order chi connectivity index (χ1) is 5.75. The summed E-state index contributed by atoms with van der Waals surface area (Å²) in [5.41, 5.74) is 5.76. The summed E-state index contributed by atoms with van der Waals surface area (Å²) in [4.78, 5) is 2.28. The summed E-state index contributed by atoms with van der Waals surface area (Å²) in [5, 5.41) is 0. The number of hydrogen-bond donors (Lipinski definition) is 1. The molecule has 1 atom stereocenters. The highest BCUT2D eigenvalue weighted by Gasteiger charge is 2.23. The number of thioether (sulfide) groups is 1. The molecule has 1 saturated heterocycles. The molecule has 2 nitrogen and oxygen atoms in total. The van der Waals surface area contributed by atoms with E-state index in [2.05, 4.69) is 30.8 Å². The molecule has 0 aliphatic carbocycles. The first-order valence-corrected chi connectivity index (χ1v) is 5.85. The molecule has 0 amide bonds. The predicted octanol–water partition coefficient (Wildman–Crippen LogP) is 1.02. The third-order valence-electron chi connectivity index (χ3n) is 2.71. The molecule has 0 spiro atoms. The van der Waals surface area contributed by atoms with Crippen molar-refractivity contribution in [2.45, 2.75) is 18.9 Å². The van der Waals surface area contributed by atoms with Crippen LogP contribution in [0.3, 0.4) is 0 Å². The van der Waals surface area contributed by atoms with Gasteiger partial charge in [-0.2, -0.15) is 11.8 Å². The Labute approximate surface area is 79.9 Å². The van der Waals surface area contributed by atoms with Crippen molar-refractivity contribution in [3.8, 4) is 0 Å². The third kappa shape index (κ3) is 2.64. The SMILES string of the molecule is CN(C)C(CN)C1CCSCC1. The van der Waals surface area contributed by atoms with Gasteiger partial charge >= 0.3 is 0 Å². The van der Waals surface area contributed by atoms with Crippen LogP contribution in [0.2, 0.25) is 0 Å². The van der Waals surface area contributed by atoms with Gasteiger partial charge in [0.1, 0.15) is 0 Å². The lowest BCUT2D eigenvalue weighted by Crippen LogP contribution is -2.42. The molecule has 0 saturated carbocycles. The first-order valence-electron chi connectivity index (χ1n) is 4.70. The molecule has 0 aromatic carbocycles. The summed E-state index contributed by atoms with van der Waals surface area (Å²) in [5.74, 6) is 3.50. The molecule has 2 N–H and O–H groups in total. The highest BCUT2D eigenvalue weighted by Crippen LogP contribution is 2.26. The summed E-state index contributed by atoms with van der Waals surface area (Å²) in [7, 11) is 4.28. The average molecular weight is 188 g/mol. The Kier molecular flexibility index (Phi) is 4.40. The molecule has 1 heterocycles. The standard InChI is InChI=1S/C9H20N2S/c1-11(2)9(7-10)8-3-5-12-6-4-8/h8-9H,3-7,10H2,1-2H3. The summed E-state index contributed by atoms with van der Waals surface area (Å²) in [6.07, 6.45) is 2.70. The molecule has 0 radical (unpaired) electrons. The smallest absolute Gasteiger partial charge is 0.0241 e. The van der Waals surface area contributed by atoms with E-state index in [1.54, 1.807) is 0 Å². The van der Waals surface area contributed by atoms with Gasteiger partial charge in [0.2, 0.25) is 0 Å². The predicted molar refractivity (Wildman–Crippen MR) is 56.6 cm³/mol. The highest BCUT2D eigenvalue weighted by atomic mass is 32.2. The molecule has 0 aromatic heterocycles. The van der Waals surface area contributed by atoms with Crippen LogP contribution < -0.4 is 5.73 Å².